The molecule has 0 aliphatic carbocycles. The van der Waals surface area contributed by atoms with Gasteiger partial charge in [0.2, 0.25) is 0 Å². The van der Waals surface area contributed by atoms with Crippen LogP contribution in [0.15, 0.2) is 0 Å². The Morgan fingerprint density at radius 3 is 1.22 bits per heavy atom. The van der Waals surface area contributed by atoms with Crippen LogP contribution in [0.3, 0.4) is 0 Å². The third-order valence-corrected chi connectivity index (χ3v) is 4.49. The normalized spacial score (nSPS) is 10.9. The molecular weight excluding hydrogens is 291 g/mol. The minimum absolute atomic E-state index is 0.0789. The smallest absolute Gasteiger partial charge is 0.305 e. The number of ether oxygens (including phenoxy) is 1. The predicted octanol–water partition coefficient (Wildman–Crippen LogP) is 6.76. The van der Waals surface area contributed by atoms with Crippen molar-refractivity contribution in [3.05, 3.63) is 0 Å². The average molecular weight is 331 g/mol. The molecule has 0 spiro atoms. The van der Waals surface area contributed by atoms with E-state index in [0.717, 1.165) is 25.7 Å². The molecule has 0 heterocycles. The van der Waals surface area contributed by atoms with E-state index in [1.807, 2.05) is 0 Å². The van der Waals surface area contributed by atoms with Crippen LogP contribution >= 0.6 is 0 Å². The Bertz CT molecular complexity index is 244. The molecule has 0 amide bonds. The second kappa shape index (κ2) is 19.4. The van der Waals surface area contributed by atoms with Gasteiger partial charge in [-0.1, -0.05) is 89.9 Å². The summed E-state index contributed by atoms with van der Waals surface area (Å²) in [5.41, 5.74) is 0. The Labute approximate surface area is 143 Å². The molecule has 0 atom stereocenters. The second-order valence-corrected chi connectivity index (χ2v) is 6.67. The first kappa shape index (κ1) is 22.4. The Kier molecular flexibility index (Phi) is 18.9. The fraction of sp³-hybridized carbons (Fsp3) is 0.950. The topological polar surface area (TPSA) is 26.3 Å². The van der Waals surface area contributed by atoms with Crippen molar-refractivity contribution < 1.29 is 13.9 Å². The number of halogens is 1. The fourth-order valence-electron chi connectivity index (χ4n) is 2.94. The fourth-order valence-corrected chi connectivity index (χ4v) is 2.94. The van der Waals surface area contributed by atoms with Crippen LogP contribution in [0.1, 0.15) is 109 Å². The van der Waals surface area contributed by atoms with Crippen molar-refractivity contribution in [1.82, 2.24) is 0 Å². The van der Waals surface area contributed by atoms with Gasteiger partial charge in [0.15, 0.2) is 0 Å². The Morgan fingerprint density at radius 1 is 0.609 bits per heavy atom. The van der Waals surface area contributed by atoms with E-state index in [2.05, 4.69) is 4.74 Å². The average Bonchev–Trinajstić information content (AvgIpc) is 2.57. The molecule has 0 bridgehead atoms. The van der Waals surface area contributed by atoms with E-state index in [0.29, 0.717) is 6.42 Å². The monoisotopic (exact) mass is 330 g/mol. The van der Waals surface area contributed by atoms with Crippen molar-refractivity contribution in [3.8, 4) is 0 Å². The number of methoxy groups -OCH3 is 1. The molecule has 0 N–H and O–H groups in total. The maximum Gasteiger partial charge on any atom is 0.305 e. The first-order chi connectivity index (χ1) is 11.3. The number of hydrogen-bond donors (Lipinski definition) is 0. The summed E-state index contributed by atoms with van der Waals surface area (Å²) in [6, 6.07) is 0. The van der Waals surface area contributed by atoms with Gasteiger partial charge in [-0.15, -0.1) is 0 Å². The summed E-state index contributed by atoms with van der Waals surface area (Å²) < 4.78 is 16.5. The van der Waals surface area contributed by atoms with E-state index in [9.17, 15) is 9.18 Å². The molecule has 2 nitrogen and oxygen atoms in total. The highest BCUT2D eigenvalue weighted by atomic mass is 19.1. The summed E-state index contributed by atoms with van der Waals surface area (Å²) in [4.78, 5) is 10.9. The standard InChI is InChI=1S/C20H39FO2/c1-23-20(22)18-16-14-12-10-8-6-4-2-3-5-7-9-11-13-15-17-19-21/h2-19H2,1H3. The zero-order valence-electron chi connectivity index (χ0n) is 15.4. The van der Waals surface area contributed by atoms with E-state index >= 15 is 0 Å². The SMILES string of the molecule is COC(=O)CCCCCCCCCCCCCCCCCCF. The first-order valence-electron chi connectivity index (χ1n) is 9.94. The minimum Gasteiger partial charge on any atom is -0.469 e. The molecule has 0 fully saturated rings. The predicted molar refractivity (Wildman–Crippen MR) is 96.5 cm³/mol. The van der Waals surface area contributed by atoms with Gasteiger partial charge in [-0.25, -0.2) is 0 Å². The number of esters is 1. The van der Waals surface area contributed by atoms with Crippen LogP contribution in [0.5, 0.6) is 0 Å². The first-order valence-corrected chi connectivity index (χ1v) is 9.94. The molecule has 0 aromatic carbocycles. The number of carbonyl (C=O) groups excluding carboxylic acids is 1. The van der Waals surface area contributed by atoms with Crippen LogP contribution < -0.4 is 0 Å². The van der Waals surface area contributed by atoms with Crippen molar-refractivity contribution in [1.29, 1.82) is 0 Å². The molecule has 0 saturated heterocycles. The van der Waals surface area contributed by atoms with Crippen LogP contribution in [-0.4, -0.2) is 19.8 Å². The molecule has 0 saturated carbocycles. The minimum atomic E-state index is -0.145. The van der Waals surface area contributed by atoms with Crippen molar-refractivity contribution in [3.63, 3.8) is 0 Å². The highest BCUT2D eigenvalue weighted by Gasteiger charge is 1.99. The van der Waals surface area contributed by atoms with Crippen molar-refractivity contribution in [2.24, 2.45) is 0 Å². The van der Waals surface area contributed by atoms with E-state index < -0.39 is 0 Å². The van der Waals surface area contributed by atoms with Gasteiger partial charge in [0.25, 0.3) is 0 Å². The molecule has 0 aliphatic rings. The molecular formula is C20H39FO2. The van der Waals surface area contributed by atoms with Crippen molar-refractivity contribution >= 4 is 5.97 Å². The van der Waals surface area contributed by atoms with Gasteiger partial charge in [-0.3, -0.25) is 9.18 Å². The number of hydrogen-bond acceptors (Lipinski definition) is 2. The van der Waals surface area contributed by atoms with Crippen LogP contribution in [0, 0.1) is 0 Å². The molecule has 0 aromatic heterocycles. The van der Waals surface area contributed by atoms with Crippen LogP contribution in [0.4, 0.5) is 4.39 Å². The van der Waals surface area contributed by atoms with Crippen molar-refractivity contribution in [2.75, 3.05) is 13.8 Å². The van der Waals surface area contributed by atoms with E-state index in [-0.39, 0.29) is 12.6 Å². The molecule has 138 valence electrons. The quantitative estimate of drug-likeness (QED) is 0.205. The van der Waals surface area contributed by atoms with E-state index in [1.165, 1.54) is 84.2 Å². The second-order valence-electron chi connectivity index (χ2n) is 6.67. The highest BCUT2D eigenvalue weighted by Crippen LogP contribution is 2.14. The largest absolute Gasteiger partial charge is 0.469 e. The van der Waals surface area contributed by atoms with Crippen LogP contribution in [0.25, 0.3) is 0 Å². The number of alkyl halides is 1. The van der Waals surface area contributed by atoms with Crippen molar-refractivity contribution in [2.45, 2.75) is 109 Å². The van der Waals surface area contributed by atoms with Gasteiger partial charge in [0.1, 0.15) is 0 Å². The van der Waals surface area contributed by atoms with Gasteiger partial charge >= 0.3 is 5.97 Å². The highest BCUT2D eigenvalue weighted by molar-refractivity contribution is 5.68. The summed E-state index contributed by atoms with van der Waals surface area (Å²) in [6.45, 7) is -0.145. The molecule has 0 radical (unpaired) electrons. The number of unbranched alkanes of at least 4 members (excludes halogenated alkanes) is 15. The summed E-state index contributed by atoms with van der Waals surface area (Å²) in [7, 11) is 1.46. The maximum absolute atomic E-state index is 11.9. The molecule has 0 aliphatic heterocycles. The lowest BCUT2D eigenvalue weighted by Crippen LogP contribution is -1.99. The summed E-state index contributed by atoms with van der Waals surface area (Å²) in [6.07, 6.45) is 20.5. The van der Waals surface area contributed by atoms with Gasteiger partial charge in [-0.2, -0.15) is 0 Å². The van der Waals surface area contributed by atoms with Crippen LogP contribution in [0.2, 0.25) is 0 Å². The summed E-state index contributed by atoms with van der Waals surface area (Å²) in [5, 5.41) is 0. The van der Waals surface area contributed by atoms with Crippen LogP contribution in [-0.2, 0) is 9.53 Å². The number of rotatable bonds is 18. The maximum atomic E-state index is 11.9. The summed E-state index contributed by atoms with van der Waals surface area (Å²) in [5.74, 6) is -0.0789. The van der Waals surface area contributed by atoms with Gasteiger partial charge in [0.05, 0.1) is 13.8 Å². The van der Waals surface area contributed by atoms with E-state index in [4.69, 9.17) is 0 Å². The van der Waals surface area contributed by atoms with Gasteiger partial charge < -0.3 is 4.74 Å². The zero-order chi connectivity index (χ0) is 17.0. The Balaban J connectivity index is 2.99. The molecule has 0 rings (SSSR count). The lowest BCUT2D eigenvalue weighted by Gasteiger charge is -2.03. The number of carbonyl (C=O) groups is 1. The zero-order valence-corrected chi connectivity index (χ0v) is 15.4. The molecule has 3 heteroatoms. The Morgan fingerprint density at radius 2 is 0.913 bits per heavy atom. The third-order valence-electron chi connectivity index (χ3n) is 4.49. The van der Waals surface area contributed by atoms with Gasteiger partial charge in [-0.05, 0) is 12.8 Å². The third kappa shape index (κ3) is 19.4. The lowest BCUT2D eigenvalue weighted by molar-refractivity contribution is -0.140. The van der Waals surface area contributed by atoms with E-state index in [1.54, 1.807) is 0 Å². The summed E-state index contributed by atoms with van der Waals surface area (Å²) >= 11 is 0. The Hall–Kier alpha value is -0.600. The molecule has 0 unspecified atom stereocenters. The molecule has 23 heavy (non-hydrogen) atoms. The lowest BCUT2D eigenvalue weighted by atomic mass is 10.0. The van der Waals surface area contributed by atoms with Gasteiger partial charge in [0, 0.05) is 6.42 Å². The molecule has 0 aromatic rings.